The highest BCUT2D eigenvalue weighted by atomic mass is 16.4. The molecule has 1 saturated heterocycles. The SMILES string of the molecule is CCC(C)N1CCCCC1C(=O)N[C@H](C(=O)N(C)[C@H](C=C(C)C(=O)O)[C@@H](C)CC)C(C)(C)C. The van der Waals surface area contributed by atoms with Crippen LogP contribution in [0.5, 0.6) is 0 Å². The number of nitrogens with zero attached hydrogens (tertiary/aromatic N) is 2. The Morgan fingerprint density at radius 3 is 2.24 bits per heavy atom. The standard InChI is InChI=1S/C26H47N3O4/c1-10-17(3)21(16-18(4)25(32)33)28(9)24(31)22(26(6,7)8)27-23(30)20-14-12-13-15-29(20)19(5)11-2/h16-17,19-22H,10-15H2,1-9H3,(H,27,30)(H,32,33)/t17-,19?,20?,21+,22+/m0/s1. The van der Waals surface area contributed by atoms with Crippen molar-refractivity contribution in [2.45, 2.75) is 112 Å². The minimum atomic E-state index is -0.993. The van der Waals surface area contributed by atoms with Gasteiger partial charge in [-0.05, 0) is 51.0 Å². The fourth-order valence-corrected chi connectivity index (χ4v) is 4.46. The van der Waals surface area contributed by atoms with Gasteiger partial charge in [-0.15, -0.1) is 0 Å². The lowest BCUT2D eigenvalue weighted by Gasteiger charge is -2.41. The molecule has 1 aliphatic rings. The van der Waals surface area contributed by atoms with Crippen molar-refractivity contribution in [2.75, 3.05) is 13.6 Å². The van der Waals surface area contributed by atoms with Crippen LogP contribution in [0.4, 0.5) is 0 Å². The smallest absolute Gasteiger partial charge is 0.331 e. The van der Waals surface area contributed by atoms with Crippen molar-refractivity contribution >= 4 is 17.8 Å². The molecule has 7 nitrogen and oxygen atoms in total. The number of likely N-dealkylation sites (tertiary alicyclic amines) is 1. The average Bonchev–Trinajstić information content (AvgIpc) is 2.77. The first-order chi connectivity index (χ1) is 15.3. The summed E-state index contributed by atoms with van der Waals surface area (Å²) in [7, 11) is 1.71. The molecule has 0 aromatic heterocycles. The van der Waals surface area contributed by atoms with E-state index in [1.807, 2.05) is 34.6 Å². The Balaban J connectivity index is 3.20. The summed E-state index contributed by atoms with van der Waals surface area (Å²) < 4.78 is 0. The van der Waals surface area contributed by atoms with Gasteiger partial charge in [-0.3, -0.25) is 14.5 Å². The summed E-state index contributed by atoms with van der Waals surface area (Å²) in [6, 6.07) is -0.991. The molecule has 0 spiro atoms. The van der Waals surface area contributed by atoms with Crippen LogP contribution in [-0.4, -0.2) is 70.4 Å². The quantitative estimate of drug-likeness (QED) is 0.475. The van der Waals surface area contributed by atoms with Crippen LogP contribution in [0, 0.1) is 11.3 Å². The van der Waals surface area contributed by atoms with E-state index < -0.39 is 17.4 Å². The van der Waals surface area contributed by atoms with E-state index >= 15 is 0 Å². The van der Waals surface area contributed by atoms with Gasteiger partial charge in [-0.1, -0.05) is 60.5 Å². The van der Waals surface area contributed by atoms with Crippen LogP contribution in [0.2, 0.25) is 0 Å². The molecule has 1 fully saturated rings. The minimum Gasteiger partial charge on any atom is -0.478 e. The number of likely N-dealkylation sites (N-methyl/N-ethyl adjacent to an activating group) is 1. The van der Waals surface area contributed by atoms with E-state index in [9.17, 15) is 19.5 Å². The van der Waals surface area contributed by atoms with E-state index in [2.05, 4.69) is 24.1 Å². The number of amides is 2. The molecule has 0 aliphatic carbocycles. The second-order valence-corrected chi connectivity index (χ2v) is 10.8. The van der Waals surface area contributed by atoms with Crippen molar-refractivity contribution < 1.29 is 19.5 Å². The Morgan fingerprint density at radius 2 is 1.76 bits per heavy atom. The molecule has 0 radical (unpaired) electrons. The molecule has 190 valence electrons. The number of nitrogens with one attached hydrogen (secondary N) is 1. The third-order valence-electron chi connectivity index (χ3n) is 7.18. The molecule has 1 rings (SSSR count). The van der Waals surface area contributed by atoms with Crippen molar-refractivity contribution in [2.24, 2.45) is 11.3 Å². The van der Waals surface area contributed by atoms with Gasteiger partial charge in [0.25, 0.3) is 0 Å². The largest absolute Gasteiger partial charge is 0.478 e. The highest BCUT2D eigenvalue weighted by Gasteiger charge is 2.40. The molecule has 1 aliphatic heterocycles. The van der Waals surface area contributed by atoms with Crippen LogP contribution < -0.4 is 5.32 Å². The molecule has 0 aromatic carbocycles. The summed E-state index contributed by atoms with van der Waals surface area (Å²) in [6.45, 7) is 16.6. The van der Waals surface area contributed by atoms with Gasteiger partial charge in [0.15, 0.2) is 0 Å². The van der Waals surface area contributed by atoms with E-state index in [4.69, 9.17) is 0 Å². The molecule has 1 heterocycles. The average molecular weight is 466 g/mol. The van der Waals surface area contributed by atoms with Crippen LogP contribution in [0.3, 0.4) is 0 Å². The van der Waals surface area contributed by atoms with Gasteiger partial charge in [0.1, 0.15) is 6.04 Å². The topological polar surface area (TPSA) is 90.0 Å². The normalized spacial score (nSPS) is 21.6. The highest BCUT2D eigenvalue weighted by Crippen LogP contribution is 2.26. The number of hydrogen-bond donors (Lipinski definition) is 2. The molecule has 2 unspecified atom stereocenters. The number of hydrogen-bond acceptors (Lipinski definition) is 4. The van der Waals surface area contributed by atoms with E-state index in [0.29, 0.717) is 6.04 Å². The maximum Gasteiger partial charge on any atom is 0.331 e. The monoisotopic (exact) mass is 465 g/mol. The van der Waals surface area contributed by atoms with Gasteiger partial charge in [-0.2, -0.15) is 0 Å². The molecular weight excluding hydrogens is 418 g/mol. The van der Waals surface area contributed by atoms with E-state index in [0.717, 1.165) is 38.6 Å². The third-order valence-corrected chi connectivity index (χ3v) is 7.18. The lowest BCUT2D eigenvalue weighted by Crippen LogP contribution is -2.60. The summed E-state index contributed by atoms with van der Waals surface area (Å²) in [5.41, 5.74) is -0.287. The van der Waals surface area contributed by atoms with E-state index in [1.165, 1.54) is 0 Å². The zero-order chi connectivity index (χ0) is 25.5. The molecule has 0 saturated carbocycles. The summed E-state index contributed by atoms with van der Waals surface area (Å²) >= 11 is 0. The van der Waals surface area contributed by atoms with Gasteiger partial charge >= 0.3 is 5.97 Å². The number of piperidine rings is 1. The predicted octanol–water partition coefficient (Wildman–Crippen LogP) is 4.07. The molecule has 0 bridgehead atoms. The lowest BCUT2D eigenvalue weighted by molar-refractivity contribution is -0.142. The Hall–Kier alpha value is -1.89. The number of carbonyl (C=O) groups is 3. The van der Waals surface area contributed by atoms with E-state index in [-0.39, 0.29) is 35.4 Å². The van der Waals surface area contributed by atoms with Gasteiger partial charge in [0.05, 0.1) is 12.1 Å². The van der Waals surface area contributed by atoms with Crippen LogP contribution in [0.1, 0.15) is 87.5 Å². The van der Waals surface area contributed by atoms with Gasteiger partial charge in [0, 0.05) is 18.7 Å². The van der Waals surface area contributed by atoms with E-state index in [1.54, 1.807) is 24.9 Å². The molecule has 2 amide bonds. The second kappa shape index (κ2) is 12.5. The summed E-state index contributed by atoms with van der Waals surface area (Å²) in [6.07, 6.45) is 6.32. The van der Waals surface area contributed by atoms with Crippen molar-refractivity contribution in [3.8, 4) is 0 Å². The predicted molar refractivity (Wildman–Crippen MR) is 133 cm³/mol. The summed E-state index contributed by atoms with van der Waals surface area (Å²) in [5, 5.41) is 12.5. The second-order valence-electron chi connectivity index (χ2n) is 10.8. The fourth-order valence-electron chi connectivity index (χ4n) is 4.46. The number of aliphatic carboxylic acids is 1. The van der Waals surface area contributed by atoms with Crippen molar-refractivity contribution in [3.05, 3.63) is 11.6 Å². The molecule has 2 N–H and O–H groups in total. The number of rotatable bonds is 10. The van der Waals surface area contributed by atoms with Crippen LogP contribution >= 0.6 is 0 Å². The molecule has 5 atom stereocenters. The molecule has 33 heavy (non-hydrogen) atoms. The first-order valence-corrected chi connectivity index (χ1v) is 12.5. The number of carbonyl (C=O) groups excluding carboxylic acids is 2. The van der Waals surface area contributed by atoms with Gasteiger partial charge in [-0.25, -0.2) is 4.79 Å². The maximum atomic E-state index is 13.7. The Morgan fingerprint density at radius 1 is 1.15 bits per heavy atom. The van der Waals surface area contributed by atoms with Crippen LogP contribution in [-0.2, 0) is 14.4 Å². The molecule has 7 heteroatoms. The number of carboxylic acids is 1. The Bertz CT molecular complexity index is 713. The lowest BCUT2D eigenvalue weighted by atomic mass is 9.84. The minimum absolute atomic E-state index is 0.0730. The third kappa shape index (κ3) is 7.83. The zero-order valence-electron chi connectivity index (χ0n) is 22.3. The first-order valence-electron chi connectivity index (χ1n) is 12.5. The van der Waals surface area contributed by atoms with Gasteiger partial charge < -0.3 is 15.3 Å². The molecule has 0 aromatic rings. The Kier molecular flexibility index (Phi) is 11.1. The van der Waals surface area contributed by atoms with Crippen molar-refractivity contribution in [1.29, 1.82) is 0 Å². The summed E-state index contributed by atoms with van der Waals surface area (Å²) in [5.74, 6) is -1.20. The Labute approximate surface area is 201 Å². The fraction of sp³-hybridized carbons (Fsp3) is 0.808. The first kappa shape index (κ1) is 29.1. The number of carboxylic acid groups (broad SMARTS) is 1. The molecular formula is C26H47N3O4. The van der Waals surface area contributed by atoms with Crippen LogP contribution in [0.15, 0.2) is 11.6 Å². The highest BCUT2D eigenvalue weighted by molar-refractivity contribution is 5.91. The zero-order valence-corrected chi connectivity index (χ0v) is 22.3. The summed E-state index contributed by atoms with van der Waals surface area (Å²) in [4.78, 5) is 42.5. The maximum absolute atomic E-state index is 13.7. The van der Waals surface area contributed by atoms with Crippen molar-refractivity contribution in [3.63, 3.8) is 0 Å². The van der Waals surface area contributed by atoms with Crippen LogP contribution in [0.25, 0.3) is 0 Å². The van der Waals surface area contributed by atoms with Gasteiger partial charge in [0.2, 0.25) is 11.8 Å². The van der Waals surface area contributed by atoms with Crippen molar-refractivity contribution in [1.82, 2.24) is 15.1 Å².